The predicted molar refractivity (Wildman–Crippen MR) is 67.2 cm³/mol. The summed E-state index contributed by atoms with van der Waals surface area (Å²) in [5.74, 6) is 0. The Labute approximate surface area is 126 Å². The first kappa shape index (κ1) is 17.9. The molecular formula is C12H22O10. The van der Waals surface area contributed by atoms with Gasteiger partial charge in [-0.1, -0.05) is 0 Å². The molecule has 2 fully saturated rings. The molecule has 0 bridgehead atoms. The highest BCUT2D eigenvalue weighted by Crippen LogP contribution is 2.28. The number of rotatable bonds is 3. The van der Waals surface area contributed by atoms with E-state index in [0.29, 0.717) is 0 Å². The lowest BCUT2D eigenvalue weighted by atomic mass is 9.97. The van der Waals surface area contributed by atoms with Crippen LogP contribution in [0.1, 0.15) is 6.92 Å². The van der Waals surface area contributed by atoms with E-state index in [0.717, 1.165) is 0 Å². The fourth-order valence-electron chi connectivity index (χ4n) is 2.51. The molecule has 2 unspecified atom stereocenters. The minimum atomic E-state index is -1.71. The number of hydrogen-bond donors (Lipinski definition) is 7. The Hall–Kier alpha value is -0.400. The molecule has 0 aromatic heterocycles. The molecule has 2 heterocycles. The Morgan fingerprint density at radius 2 is 1.45 bits per heavy atom. The van der Waals surface area contributed by atoms with Crippen LogP contribution in [0.15, 0.2) is 0 Å². The van der Waals surface area contributed by atoms with Gasteiger partial charge in [0.1, 0.15) is 42.7 Å². The Morgan fingerprint density at radius 3 is 2.05 bits per heavy atom. The molecule has 130 valence electrons. The van der Waals surface area contributed by atoms with E-state index >= 15 is 0 Å². The van der Waals surface area contributed by atoms with Crippen LogP contribution < -0.4 is 0 Å². The zero-order chi connectivity index (χ0) is 16.6. The third kappa shape index (κ3) is 3.26. The van der Waals surface area contributed by atoms with Crippen LogP contribution in [0.5, 0.6) is 0 Å². The minimum Gasteiger partial charge on any atom is -0.394 e. The van der Waals surface area contributed by atoms with Gasteiger partial charge in [-0.3, -0.25) is 0 Å². The molecular weight excluding hydrogens is 304 g/mol. The second-order valence-electron chi connectivity index (χ2n) is 5.51. The fourth-order valence-corrected chi connectivity index (χ4v) is 2.51. The van der Waals surface area contributed by atoms with Crippen molar-refractivity contribution in [2.24, 2.45) is 0 Å². The van der Waals surface area contributed by atoms with Crippen molar-refractivity contribution in [3.05, 3.63) is 0 Å². The van der Waals surface area contributed by atoms with Gasteiger partial charge in [0.2, 0.25) is 0 Å². The maximum Gasteiger partial charge on any atom is 0.187 e. The second kappa shape index (κ2) is 7.01. The lowest BCUT2D eigenvalue weighted by Crippen LogP contribution is -2.63. The van der Waals surface area contributed by atoms with Crippen molar-refractivity contribution >= 4 is 0 Å². The maximum atomic E-state index is 9.99. The van der Waals surface area contributed by atoms with Gasteiger partial charge >= 0.3 is 0 Å². The molecule has 10 atom stereocenters. The van der Waals surface area contributed by atoms with Crippen LogP contribution in [-0.4, -0.2) is 104 Å². The molecule has 2 aliphatic heterocycles. The van der Waals surface area contributed by atoms with Crippen molar-refractivity contribution in [2.45, 2.75) is 68.3 Å². The van der Waals surface area contributed by atoms with Gasteiger partial charge in [0, 0.05) is 0 Å². The summed E-state index contributed by atoms with van der Waals surface area (Å²) in [6, 6.07) is 0. The molecule has 0 aromatic carbocycles. The van der Waals surface area contributed by atoms with Gasteiger partial charge in [-0.05, 0) is 6.92 Å². The Morgan fingerprint density at radius 1 is 0.818 bits per heavy atom. The Kier molecular flexibility index (Phi) is 5.72. The van der Waals surface area contributed by atoms with Gasteiger partial charge in [0.05, 0.1) is 12.7 Å². The van der Waals surface area contributed by atoms with Crippen molar-refractivity contribution < 1.29 is 50.0 Å². The molecule has 2 saturated heterocycles. The number of aliphatic hydroxyl groups excluding tert-OH is 7. The standard InChI is InChI=1S/C12H22O10/c1-3-5(14)7(16)8(17)12(20-3)22-10-6(15)4(2-13)21-11(19)9(10)18/h3-19H,2H2,1H3/t3-,4-,5+,6-,7+,8-,9-,10+,11?,12?/m1/s1. The monoisotopic (exact) mass is 326 g/mol. The first-order chi connectivity index (χ1) is 10.3. The fraction of sp³-hybridized carbons (Fsp3) is 1.00. The lowest BCUT2D eigenvalue weighted by Gasteiger charge is -2.44. The van der Waals surface area contributed by atoms with Crippen LogP contribution in [0.3, 0.4) is 0 Å². The SMILES string of the molecule is C[C@H]1OC(O[C@H]2[C@H](O)[C@@H](CO)OC(O)[C@@H]2O)[C@H](O)[C@@H](O)[C@H]1O. The summed E-state index contributed by atoms with van der Waals surface area (Å²) in [4.78, 5) is 0. The first-order valence-corrected chi connectivity index (χ1v) is 6.93. The largest absolute Gasteiger partial charge is 0.394 e. The average Bonchev–Trinajstić information content (AvgIpc) is 2.50. The van der Waals surface area contributed by atoms with Gasteiger partial charge in [0.25, 0.3) is 0 Å². The zero-order valence-electron chi connectivity index (χ0n) is 11.8. The second-order valence-corrected chi connectivity index (χ2v) is 5.51. The molecule has 0 aromatic rings. The van der Waals surface area contributed by atoms with E-state index in [-0.39, 0.29) is 0 Å². The molecule has 0 radical (unpaired) electrons. The van der Waals surface area contributed by atoms with E-state index in [1.165, 1.54) is 6.92 Å². The van der Waals surface area contributed by atoms with Crippen LogP contribution >= 0.6 is 0 Å². The number of ether oxygens (including phenoxy) is 3. The Balaban J connectivity index is 2.10. The summed E-state index contributed by atoms with van der Waals surface area (Å²) in [7, 11) is 0. The molecule has 2 rings (SSSR count). The van der Waals surface area contributed by atoms with E-state index in [2.05, 4.69) is 0 Å². The van der Waals surface area contributed by atoms with E-state index < -0.39 is 68.0 Å². The van der Waals surface area contributed by atoms with Crippen molar-refractivity contribution in [3.63, 3.8) is 0 Å². The smallest absolute Gasteiger partial charge is 0.187 e. The maximum absolute atomic E-state index is 9.99. The van der Waals surface area contributed by atoms with Crippen LogP contribution in [0, 0.1) is 0 Å². The van der Waals surface area contributed by atoms with E-state index in [1.54, 1.807) is 0 Å². The summed E-state index contributed by atoms with van der Waals surface area (Å²) >= 11 is 0. The molecule has 0 aliphatic carbocycles. The quantitative estimate of drug-likeness (QED) is 0.269. The summed E-state index contributed by atoms with van der Waals surface area (Å²) in [5.41, 5.74) is 0. The topological polar surface area (TPSA) is 169 Å². The average molecular weight is 326 g/mol. The summed E-state index contributed by atoms with van der Waals surface area (Å²) in [6.07, 6.45) is -14.3. The van der Waals surface area contributed by atoms with Gasteiger partial charge in [-0.2, -0.15) is 0 Å². The van der Waals surface area contributed by atoms with Gasteiger partial charge in [-0.15, -0.1) is 0 Å². The molecule has 0 saturated carbocycles. The molecule has 22 heavy (non-hydrogen) atoms. The Bertz CT molecular complexity index is 368. The van der Waals surface area contributed by atoms with Crippen molar-refractivity contribution in [3.8, 4) is 0 Å². The normalized spacial score (nSPS) is 53.5. The van der Waals surface area contributed by atoms with Gasteiger partial charge < -0.3 is 50.0 Å². The highest BCUT2D eigenvalue weighted by Gasteiger charge is 2.49. The van der Waals surface area contributed by atoms with Crippen LogP contribution in [0.25, 0.3) is 0 Å². The van der Waals surface area contributed by atoms with Gasteiger partial charge in [-0.25, -0.2) is 0 Å². The highest BCUT2D eigenvalue weighted by atomic mass is 16.7. The highest BCUT2D eigenvalue weighted by molar-refractivity contribution is 4.93. The van der Waals surface area contributed by atoms with Crippen molar-refractivity contribution in [2.75, 3.05) is 6.61 Å². The van der Waals surface area contributed by atoms with E-state index in [9.17, 15) is 30.6 Å². The molecule has 0 amide bonds. The molecule has 7 N–H and O–H groups in total. The zero-order valence-corrected chi connectivity index (χ0v) is 11.8. The van der Waals surface area contributed by atoms with Crippen LogP contribution in [0.2, 0.25) is 0 Å². The molecule has 0 spiro atoms. The predicted octanol–water partition coefficient (Wildman–Crippen LogP) is -4.37. The first-order valence-electron chi connectivity index (χ1n) is 6.93. The summed E-state index contributed by atoms with van der Waals surface area (Å²) < 4.78 is 15.3. The summed E-state index contributed by atoms with van der Waals surface area (Å²) in [5, 5.41) is 67.6. The molecule has 10 nitrogen and oxygen atoms in total. The third-order valence-electron chi connectivity index (χ3n) is 3.94. The number of aliphatic hydroxyl groups is 7. The van der Waals surface area contributed by atoms with E-state index in [1.807, 2.05) is 0 Å². The molecule has 10 heteroatoms. The van der Waals surface area contributed by atoms with Crippen molar-refractivity contribution in [1.29, 1.82) is 0 Å². The van der Waals surface area contributed by atoms with E-state index in [4.69, 9.17) is 19.3 Å². The lowest BCUT2D eigenvalue weighted by molar-refractivity contribution is -0.352. The summed E-state index contributed by atoms with van der Waals surface area (Å²) in [6.45, 7) is 0.814. The minimum absolute atomic E-state index is 0.628. The van der Waals surface area contributed by atoms with Crippen LogP contribution in [-0.2, 0) is 14.2 Å². The number of hydrogen-bond acceptors (Lipinski definition) is 10. The molecule has 2 aliphatic rings. The van der Waals surface area contributed by atoms with Crippen LogP contribution in [0.4, 0.5) is 0 Å². The third-order valence-corrected chi connectivity index (χ3v) is 3.94. The van der Waals surface area contributed by atoms with Gasteiger partial charge in [0.15, 0.2) is 12.6 Å². The van der Waals surface area contributed by atoms with Crippen molar-refractivity contribution in [1.82, 2.24) is 0 Å².